The molecule has 2 rings (SSSR count). The van der Waals surface area contributed by atoms with E-state index in [9.17, 15) is 4.79 Å². The van der Waals surface area contributed by atoms with Gasteiger partial charge in [-0.15, -0.1) is 0 Å². The first-order chi connectivity index (χ1) is 9.13. The maximum absolute atomic E-state index is 12.0. The lowest BCUT2D eigenvalue weighted by molar-refractivity contribution is 0.102. The molecule has 2 heterocycles. The highest BCUT2D eigenvalue weighted by atomic mass is 16.5. The molecule has 0 aliphatic carbocycles. The van der Waals surface area contributed by atoms with Gasteiger partial charge in [-0.1, -0.05) is 0 Å². The van der Waals surface area contributed by atoms with Crippen molar-refractivity contribution >= 4 is 11.7 Å². The molecule has 19 heavy (non-hydrogen) atoms. The number of nitrogens with zero attached hydrogens (tertiary/aromatic N) is 3. The summed E-state index contributed by atoms with van der Waals surface area (Å²) in [4.78, 5) is 16.0. The van der Waals surface area contributed by atoms with Gasteiger partial charge >= 0.3 is 0 Å². The average molecular weight is 260 g/mol. The smallest absolute Gasteiger partial charge is 0.257 e. The Bertz CT molecular complexity index is 592. The van der Waals surface area contributed by atoms with E-state index in [1.165, 1.54) is 13.3 Å². The summed E-state index contributed by atoms with van der Waals surface area (Å²) in [6.45, 7) is 4.71. The molecule has 1 N–H and O–H groups in total. The summed E-state index contributed by atoms with van der Waals surface area (Å²) in [6.07, 6.45) is 1.53. The van der Waals surface area contributed by atoms with Crippen LogP contribution in [0.25, 0.3) is 0 Å². The molecule has 0 saturated heterocycles. The summed E-state index contributed by atoms with van der Waals surface area (Å²) in [7, 11) is 1.51. The minimum Gasteiger partial charge on any atom is -0.481 e. The largest absolute Gasteiger partial charge is 0.481 e. The van der Waals surface area contributed by atoms with Crippen molar-refractivity contribution in [2.24, 2.45) is 0 Å². The molecule has 2 aromatic heterocycles. The van der Waals surface area contributed by atoms with Crippen LogP contribution in [-0.4, -0.2) is 27.8 Å². The number of hydrogen-bond donors (Lipinski definition) is 1. The number of anilines is 1. The molecule has 0 aromatic carbocycles. The fourth-order valence-electron chi connectivity index (χ4n) is 1.74. The van der Waals surface area contributed by atoms with Gasteiger partial charge in [0.15, 0.2) is 5.82 Å². The SMILES string of the molecule is CCn1nc(NC(=O)c2ccnc(OC)c2)cc1C. The van der Waals surface area contributed by atoms with Gasteiger partial charge in [0.25, 0.3) is 5.91 Å². The van der Waals surface area contributed by atoms with Crippen LogP contribution in [0.15, 0.2) is 24.4 Å². The highest BCUT2D eigenvalue weighted by Crippen LogP contribution is 2.12. The van der Waals surface area contributed by atoms with E-state index < -0.39 is 0 Å². The molecule has 0 aliphatic heterocycles. The van der Waals surface area contributed by atoms with Crippen LogP contribution in [-0.2, 0) is 6.54 Å². The first-order valence-electron chi connectivity index (χ1n) is 6.00. The van der Waals surface area contributed by atoms with Crippen molar-refractivity contribution in [3.8, 4) is 5.88 Å². The fourth-order valence-corrected chi connectivity index (χ4v) is 1.74. The zero-order valence-corrected chi connectivity index (χ0v) is 11.2. The number of nitrogens with one attached hydrogen (secondary N) is 1. The normalized spacial score (nSPS) is 10.3. The fraction of sp³-hybridized carbons (Fsp3) is 0.308. The molecule has 0 atom stereocenters. The second kappa shape index (κ2) is 5.51. The second-order valence-electron chi connectivity index (χ2n) is 4.03. The van der Waals surface area contributed by atoms with Crippen LogP contribution >= 0.6 is 0 Å². The van der Waals surface area contributed by atoms with Gasteiger partial charge < -0.3 is 10.1 Å². The second-order valence-corrected chi connectivity index (χ2v) is 4.03. The van der Waals surface area contributed by atoms with E-state index in [1.807, 2.05) is 24.6 Å². The zero-order valence-electron chi connectivity index (χ0n) is 11.2. The van der Waals surface area contributed by atoms with E-state index in [0.717, 1.165) is 12.2 Å². The number of ether oxygens (including phenoxy) is 1. The lowest BCUT2D eigenvalue weighted by Gasteiger charge is -2.03. The van der Waals surface area contributed by atoms with E-state index in [-0.39, 0.29) is 5.91 Å². The van der Waals surface area contributed by atoms with Crippen LogP contribution in [0.5, 0.6) is 5.88 Å². The van der Waals surface area contributed by atoms with Gasteiger partial charge in [-0.05, 0) is 19.9 Å². The molecule has 0 radical (unpaired) electrons. The number of amides is 1. The Morgan fingerprint density at radius 1 is 1.47 bits per heavy atom. The average Bonchev–Trinajstić information content (AvgIpc) is 2.78. The number of carbonyl (C=O) groups excluding carboxylic acids is 1. The van der Waals surface area contributed by atoms with Crippen molar-refractivity contribution in [3.05, 3.63) is 35.7 Å². The molecule has 0 saturated carbocycles. The lowest BCUT2D eigenvalue weighted by Crippen LogP contribution is -2.13. The summed E-state index contributed by atoms with van der Waals surface area (Å²) >= 11 is 0. The van der Waals surface area contributed by atoms with Gasteiger partial charge in [0.1, 0.15) is 0 Å². The molecule has 100 valence electrons. The highest BCUT2D eigenvalue weighted by molar-refractivity contribution is 6.03. The minimum absolute atomic E-state index is 0.235. The van der Waals surface area contributed by atoms with Crippen molar-refractivity contribution < 1.29 is 9.53 Å². The Kier molecular flexibility index (Phi) is 3.79. The highest BCUT2D eigenvalue weighted by Gasteiger charge is 2.10. The summed E-state index contributed by atoms with van der Waals surface area (Å²) in [6, 6.07) is 5.04. The Morgan fingerprint density at radius 3 is 2.89 bits per heavy atom. The van der Waals surface area contributed by atoms with Gasteiger partial charge in [-0.3, -0.25) is 9.48 Å². The van der Waals surface area contributed by atoms with Crippen molar-refractivity contribution in [3.63, 3.8) is 0 Å². The van der Waals surface area contributed by atoms with Gasteiger partial charge in [0.05, 0.1) is 7.11 Å². The molecule has 0 unspecified atom stereocenters. The van der Waals surface area contributed by atoms with E-state index in [4.69, 9.17) is 4.74 Å². The molecule has 0 bridgehead atoms. The van der Waals surface area contributed by atoms with Gasteiger partial charge in [0, 0.05) is 36.1 Å². The molecule has 0 fully saturated rings. The summed E-state index contributed by atoms with van der Waals surface area (Å²) in [5.74, 6) is 0.713. The molecular weight excluding hydrogens is 244 g/mol. The van der Waals surface area contributed by atoms with E-state index in [1.54, 1.807) is 12.1 Å². The predicted molar refractivity (Wildman–Crippen MR) is 71.4 cm³/mol. The Morgan fingerprint density at radius 2 is 2.26 bits per heavy atom. The van der Waals surface area contributed by atoms with Crippen LogP contribution in [0.4, 0.5) is 5.82 Å². The monoisotopic (exact) mass is 260 g/mol. The molecule has 0 spiro atoms. The first kappa shape index (κ1) is 13.1. The molecule has 1 amide bonds. The van der Waals surface area contributed by atoms with Crippen LogP contribution in [0.1, 0.15) is 23.0 Å². The summed E-state index contributed by atoms with van der Waals surface area (Å²) in [5, 5.41) is 7.03. The zero-order chi connectivity index (χ0) is 13.8. The van der Waals surface area contributed by atoms with Crippen LogP contribution in [0.3, 0.4) is 0 Å². The summed E-state index contributed by atoms with van der Waals surface area (Å²) in [5.41, 5.74) is 1.49. The van der Waals surface area contributed by atoms with Gasteiger partial charge in [0.2, 0.25) is 5.88 Å². The number of aryl methyl sites for hydroxylation is 2. The van der Waals surface area contributed by atoms with Crippen LogP contribution in [0, 0.1) is 6.92 Å². The van der Waals surface area contributed by atoms with Crippen molar-refractivity contribution in [1.82, 2.24) is 14.8 Å². The van der Waals surface area contributed by atoms with Crippen molar-refractivity contribution in [1.29, 1.82) is 0 Å². The molecule has 6 heteroatoms. The predicted octanol–water partition coefficient (Wildman–Crippen LogP) is 1.87. The minimum atomic E-state index is -0.235. The third kappa shape index (κ3) is 2.90. The van der Waals surface area contributed by atoms with Gasteiger partial charge in [-0.25, -0.2) is 4.98 Å². The Balaban J connectivity index is 2.15. The van der Waals surface area contributed by atoms with Crippen molar-refractivity contribution in [2.45, 2.75) is 20.4 Å². The summed E-state index contributed by atoms with van der Waals surface area (Å²) < 4.78 is 6.81. The topological polar surface area (TPSA) is 69.0 Å². The van der Waals surface area contributed by atoms with E-state index in [0.29, 0.717) is 17.3 Å². The van der Waals surface area contributed by atoms with E-state index >= 15 is 0 Å². The maximum atomic E-state index is 12.0. The number of hydrogen-bond acceptors (Lipinski definition) is 4. The lowest BCUT2D eigenvalue weighted by atomic mass is 10.2. The number of pyridine rings is 1. The molecule has 2 aromatic rings. The number of rotatable bonds is 4. The van der Waals surface area contributed by atoms with Crippen LogP contribution in [0.2, 0.25) is 0 Å². The third-order valence-electron chi connectivity index (χ3n) is 2.73. The van der Waals surface area contributed by atoms with Crippen molar-refractivity contribution in [2.75, 3.05) is 12.4 Å². The Hall–Kier alpha value is -2.37. The standard InChI is InChI=1S/C13H16N4O2/c1-4-17-9(2)7-11(16-17)15-13(18)10-5-6-14-12(8-10)19-3/h5-8H,4H2,1-3H3,(H,15,16,18). The Labute approximate surface area is 111 Å². The maximum Gasteiger partial charge on any atom is 0.257 e. The molecular formula is C13H16N4O2. The molecule has 0 aliphatic rings. The first-order valence-corrected chi connectivity index (χ1v) is 6.00. The number of methoxy groups -OCH3 is 1. The number of carbonyl (C=O) groups is 1. The third-order valence-corrected chi connectivity index (χ3v) is 2.73. The number of aromatic nitrogens is 3. The van der Waals surface area contributed by atoms with Gasteiger partial charge in [-0.2, -0.15) is 5.10 Å². The molecule has 6 nitrogen and oxygen atoms in total. The van der Waals surface area contributed by atoms with E-state index in [2.05, 4.69) is 15.4 Å². The quantitative estimate of drug-likeness (QED) is 0.911. The van der Waals surface area contributed by atoms with Crippen LogP contribution < -0.4 is 10.1 Å².